The molecule has 0 amide bonds. The minimum atomic E-state index is -0.0283. The SMILES string of the molecule is C/C=C/CCc1ccc(C2CCC(c3ccc(CC(C)c4ccccc4)cc3)CC2)cc1F. The molecule has 0 aromatic heterocycles. The van der Waals surface area contributed by atoms with Crippen molar-refractivity contribution in [2.24, 2.45) is 0 Å². The molecule has 1 saturated carbocycles. The fraction of sp³-hybridized carbons (Fsp3) is 0.375. The topological polar surface area (TPSA) is 0 Å². The Morgan fingerprint density at radius 2 is 1.48 bits per heavy atom. The monoisotopic (exact) mass is 440 g/mol. The van der Waals surface area contributed by atoms with Gasteiger partial charge in [0.25, 0.3) is 0 Å². The zero-order valence-electron chi connectivity index (χ0n) is 20.1. The summed E-state index contributed by atoms with van der Waals surface area (Å²) in [4.78, 5) is 0. The standard InChI is InChI=1S/C32H37F/c1-3-4-6-11-30-20-21-31(23-32(30)33)29-18-16-28(17-19-29)27-14-12-25(13-15-27)22-24(2)26-9-7-5-8-10-26/h3-5,7-10,12-15,20-21,23-24,28-29H,6,11,16-19,22H2,1-2H3/b4-3+. The Hall–Kier alpha value is -2.67. The van der Waals surface area contributed by atoms with Gasteiger partial charge in [-0.15, -0.1) is 0 Å². The average Bonchev–Trinajstić information content (AvgIpc) is 2.86. The van der Waals surface area contributed by atoms with E-state index in [2.05, 4.69) is 73.7 Å². The average molecular weight is 441 g/mol. The smallest absolute Gasteiger partial charge is 0.126 e. The van der Waals surface area contributed by atoms with Crippen molar-refractivity contribution in [3.63, 3.8) is 0 Å². The zero-order valence-corrected chi connectivity index (χ0v) is 20.1. The summed E-state index contributed by atoms with van der Waals surface area (Å²) < 4.78 is 14.6. The summed E-state index contributed by atoms with van der Waals surface area (Å²) in [6, 6.07) is 26.1. The molecule has 0 N–H and O–H groups in total. The van der Waals surface area contributed by atoms with Gasteiger partial charge in [-0.2, -0.15) is 0 Å². The molecule has 1 unspecified atom stereocenters. The lowest BCUT2D eigenvalue weighted by molar-refractivity contribution is 0.395. The third-order valence-corrected chi connectivity index (χ3v) is 7.45. The number of halogens is 1. The molecule has 33 heavy (non-hydrogen) atoms. The van der Waals surface area contributed by atoms with Crippen LogP contribution in [0, 0.1) is 5.82 Å². The zero-order chi connectivity index (χ0) is 23.0. The molecule has 0 aliphatic heterocycles. The van der Waals surface area contributed by atoms with Gasteiger partial charge in [0.2, 0.25) is 0 Å². The first-order valence-electron chi connectivity index (χ1n) is 12.7. The summed E-state index contributed by atoms with van der Waals surface area (Å²) >= 11 is 0. The van der Waals surface area contributed by atoms with Gasteiger partial charge in [0.15, 0.2) is 0 Å². The molecular formula is C32H37F. The molecule has 1 aliphatic rings. The van der Waals surface area contributed by atoms with Crippen LogP contribution >= 0.6 is 0 Å². The number of benzene rings is 3. The van der Waals surface area contributed by atoms with E-state index in [9.17, 15) is 4.39 Å². The normalized spacial score (nSPS) is 19.6. The molecule has 0 saturated heterocycles. The predicted octanol–water partition coefficient (Wildman–Crippen LogP) is 9.12. The Labute approximate surface area is 199 Å². The van der Waals surface area contributed by atoms with Crippen LogP contribution in [0.15, 0.2) is 84.9 Å². The van der Waals surface area contributed by atoms with Gasteiger partial charge in [-0.25, -0.2) is 4.39 Å². The molecule has 0 nitrogen and oxygen atoms in total. The molecule has 1 atom stereocenters. The van der Waals surface area contributed by atoms with Crippen molar-refractivity contribution in [1.29, 1.82) is 0 Å². The highest BCUT2D eigenvalue weighted by Crippen LogP contribution is 2.41. The molecule has 0 spiro atoms. The first-order valence-corrected chi connectivity index (χ1v) is 12.7. The maximum absolute atomic E-state index is 14.6. The summed E-state index contributed by atoms with van der Waals surface area (Å²) in [5, 5.41) is 0. The number of allylic oxidation sites excluding steroid dienone is 2. The Balaban J connectivity index is 1.31. The third-order valence-electron chi connectivity index (χ3n) is 7.45. The van der Waals surface area contributed by atoms with Gasteiger partial charge >= 0.3 is 0 Å². The van der Waals surface area contributed by atoms with Gasteiger partial charge in [-0.05, 0) is 104 Å². The Kier molecular flexibility index (Phi) is 8.15. The lowest BCUT2D eigenvalue weighted by Crippen LogP contribution is -2.12. The van der Waals surface area contributed by atoms with E-state index in [-0.39, 0.29) is 5.82 Å². The maximum atomic E-state index is 14.6. The lowest BCUT2D eigenvalue weighted by Gasteiger charge is -2.29. The van der Waals surface area contributed by atoms with Crippen LogP contribution in [0.3, 0.4) is 0 Å². The molecule has 1 aliphatic carbocycles. The van der Waals surface area contributed by atoms with Crippen LogP contribution in [-0.4, -0.2) is 0 Å². The molecule has 1 heteroatoms. The summed E-state index contributed by atoms with van der Waals surface area (Å²) in [5.74, 6) is 1.62. The van der Waals surface area contributed by atoms with Crippen molar-refractivity contribution >= 4 is 0 Å². The first kappa shape index (κ1) is 23.5. The summed E-state index contributed by atoms with van der Waals surface area (Å²) in [5.41, 5.74) is 6.31. The van der Waals surface area contributed by atoms with Crippen LogP contribution < -0.4 is 0 Å². The van der Waals surface area contributed by atoms with Crippen molar-refractivity contribution in [2.45, 2.75) is 76.5 Å². The molecule has 1 fully saturated rings. The van der Waals surface area contributed by atoms with E-state index in [0.717, 1.165) is 37.7 Å². The minimum absolute atomic E-state index is 0.0283. The molecule has 0 heterocycles. The van der Waals surface area contributed by atoms with E-state index < -0.39 is 0 Å². The van der Waals surface area contributed by atoms with Crippen LogP contribution in [0.2, 0.25) is 0 Å². The second-order valence-electron chi connectivity index (χ2n) is 9.76. The predicted molar refractivity (Wildman–Crippen MR) is 138 cm³/mol. The molecule has 4 rings (SSSR count). The highest BCUT2D eigenvalue weighted by Gasteiger charge is 2.24. The van der Waals surface area contributed by atoms with Gasteiger partial charge in [-0.3, -0.25) is 0 Å². The number of hydrogen-bond acceptors (Lipinski definition) is 0. The van der Waals surface area contributed by atoms with E-state index in [1.54, 1.807) is 6.07 Å². The largest absolute Gasteiger partial charge is 0.207 e. The number of aryl methyl sites for hydroxylation is 1. The second kappa shape index (κ2) is 11.5. The van der Waals surface area contributed by atoms with Crippen LogP contribution in [-0.2, 0) is 12.8 Å². The van der Waals surface area contributed by atoms with Crippen molar-refractivity contribution < 1.29 is 4.39 Å². The van der Waals surface area contributed by atoms with Gasteiger partial charge in [0, 0.05) is 0 Å². The van der Waals surface area contributed by atoms with Gasteiger partial charge in [-0.1, -0.05) is 85.8 Å². The van der Waals surface area contributed by atoms with Crippen LogP contribution in [0.25, 0.3) is 0 Å². The van der Waals surface area contributed by atoms with Crippen molar-refractivity contribution in [3.05, 3.63) is 119 Å². The van der Waals surface area contributed by atoms with E-state index in [4.69, 9.17) is 0 Å². The van der Waals surface area contributed by atoms with Crippen molar-refractivity contribution in [3.8, 4) is 0 Å². The van der Waals surface area contributed by atoms with Gasteiger partial charge in [0.05, 0.1) is 0 Å². The third kappa shape index (κ3) is 6.22. The fourth-order valence-corrected chi connectivity index (χ4v) is 5.36. The number of rotatable bonds is 8. The van der Waals surface area contributed by atoms with E-state index in [0.29, 0.717) is 17.8 Å². The molecule has 3 aromatic rings. The highest BCUT2D eigenvalue weighted by molar-refractivity contribution is 5.31. The fourth-order valence-electron chi connectivity index (χ4n) is 5.36. The van der Waals surface area contributed by atoms with E-state index in [1.807, 2.05) is 19.1 Å². The lowest BCUT2D eigenvalue weighted by atomic mass is 9.76. The van der Waals surface area contributed by atoms with Gasteiger partial charge in [0.1, 0.15) is 5.82 Å². The summed E-state index contributed by atoms with van der Waals surface area (Å²) in [6.07, 6.45) is 11.6. The van der Waals surface area contributed by atoms with Crippen molar-refractivity contribution in [1.82, 2.24) is 0 Å². The van der Waals surface area contributed by atoms with Crippen LogP contribution in [0.5, 0.6) is 0 Å². The molecular weight excluding hydrogens is 403 g/mol. The first-order chi connectivity index (χ1) is 16.1. The summed E-state index contributed by atoms with van der Waals surface area (Å²) in [7, 11) is 0. The molecule has 0 bridgehead atoms. The van der Waals surface area contributed by atoms with Gasteiger partial charge < -0.3 is 0 Å². The molecule has 3 aromatic carbocycles. The quantitative estimate of drug-likeness (QED) is 0.306. The Bertz CT molecular complexity index is 1020. The molecule has 172 valence electrons. The maximum Gasteiger partial charge on any atom is 0.126 e. The van der Waals surface area contributed by atoms with Crippen molar-refractivity contribution in [2.75, 3.05) is 0 Å². The van der Waals surface area contributed by atoms with Crippen LogP contribution in [0.4, 0.5) is 4.39 Å². The Morgan fingerprint density at radius 3 is 2.12 bits per heavy atom. The van der Waals surface area contributed by atoms with E-state index >= 15 is 0 Å². The van der Waals surface area contributed by atoms with E-state index in [1.165, 1.54) is 35.1 Å². The summed E-state index contributed by atoms with van der Waals surface area (Å²) in [6.45, 7) is 4.32. The second-order valence-corrected chi connectivity index (χ2v) is 9.76. The Morgan fingerprint density at radius 1 is 0.848 bits per heavy atom. The van der Waals surface area contributed by atoms with Crippen LogP contribution in [0.1, 0.15) is 91.5 Å². The minimum Gasteiger partial charge on any atom is -0.207 e. The highest BCUT2D eigenvalue weighted by atomic mass is 19.1. The number of hydrogen-bond donors (Lipinski definition) is 0. The molecule has 0 radical (unpaired) electrons.